The Kier molecular flexibility index (Phi) is 32.7. The molecule has 3 N–H and O–H groups in total. The lowest BCUT2D eigenvalue weighted by molar-refractivity contribution is -0.870. The Labute approximate surface area is 379 Å². The van der Waals surface area contributed by atoms with E-state index in [0.717, 1.165) is 57.8 Å². The molecule has 1 aliphatic carbocycles. The molecular weight excluding hydrogens is 822 g/mol. The molecule has 0 amide bonds. The maximum absolute atomic E-state index is 12.7. The van der Waals surface area contributed by atoms with Crippen molar-refractivity contribution in [2.24, 2.45) is 11.8 Å². The molecule has 356 valence electrons. The number of aliphatic hydroxyl groups is 2. The van der Waals surface area contributed by atoms with E-state index in [1.807, 2.05) is 45.4 Å². The second-order valence-electron chi connectivity index (χ2n) is 16.8. The Morgan fingerprint density at radius 3 is 1.94 bits per heavy atom. The fourth-order valence-corrected chi connectivity index (χ4v) is 7.05. The van der Waals surface area contributed by atoms with Crippen molar-refractivity contribution in [2.45, 2.75) is 141 Å². The van der Waals surface area contributed by atoms with Gasteiger partial charge < -0.3 is 29.1 Å². The van der Waals surface area contributed by atoms with Crippen LogP contribution in [0, 0.1) is 11.8 Å². The number of allylic oxidation sites excluding steroid dienone is 14. The number of phosphoric acid groups is 1. The maximum atomic E-state index is 12.7. The van der Waals surface area contributed by atoms with E-state index in [1.165, 1.54) is 0 Å². The van der Waals surface area contributed by atoms with Gasteiger partial charge >= 0.3 is 19.8 Å². The third kappa shape index (κ3) is 32.8. The van der Waals surface area contributed by atoms with E-state index in [9.17, 15) is 34.1 Å². The van der Waals surface area contributed by atoms with Crippen molar-refractivity contribution in [3.8, 4) is 0 Å². The van der Waals surface area contributed by atoms with Gasteiger partial charge in [0.05, 0.1) is 40.0 Å². The molecule has 1 unspecified atom stereocenters. The van der Waals surface area contributed by atoms with E-state index in [1.54, 1.807) is 12.2 Å². The van der Waals surface area contributed by atoms with Crippen molar-refractivity contribution in [1.29, 1.82) is 0 Å². The largest absolute Gasteiger partial charge is 0.472 e. The van der Waals surface area contributed by atoms with Crippen LogP contribution in [0.4, 0.5) is 0 Å². The molecule has 0 bridgehead atoms. The molecule has 0 saturated heterocycles. The van der Waals surface area contributed by atoms with Crippen molar-refractivity contribution in [1.82, 2.24) is 0 Å². The number of esters is 2. The van der Waals surface area contributed by atoms with Crippen LogP contribution in [0.15, 0.2) is 97.2 Å². The molecule has 0 aromatic heterocycles. The second kappa shape index (κ2) is 35.8. The highest BCUT2D eigenvalue weighted by Crippen LogP contribution is 2.43. The van der Waals surface area contributed by atoms with Gasteiger partial charge in [-0.3, -0.25) is 23.4 Å². The Morgan fingerprint density at radius 2 is 1.35 bits per heavy atom. The number of aliphatic hydroxyl groups excluding tert-OH is 2. The van der Waals surface area contributed by atoms with E-state index < -0.39 is 44.7 Å². The Morgan fingerprint density at radius 1 is 0.762 bits per heavy atom. The number of unbranched alkanes of at least 4 members (excludes halogenated alkanes) is 3. The zero-order valence-electron chi connectivity index (χ0n) is 39.0. The number of carbonyl (C=O) groups is 3. The Hall–Kier alpha value is -3.48. The zero-order valence-corrected chi connectivity index (χ0v) is 39.9. The molecular formula is C50H81NO11P+. The summed E-state index contributed by atoms with van der Waals surface area (Å²) >= 11 is 0. The quantitative estimate of drug-likeness (QED) is 0.0180. The third-order valence-corrected chi connectivity index (χ3v) is 11.0. The lowest BCUT2D eigenvalue weighted by atomic mass is 9.90. The number of hydrogen-bond donors (Lipinski definition) is 3. The van der Waals surface area contributed by atoms with Crippen molar-refractivity contribution in [3.05, 3.63) is 97.2 Å². The minimum atomic E-state index is -4.47. The minimum Gasteiger partial charge on any atom is -0.462 e. The number of rotatable bonds is 36. The normalized spacial score (nSPS) is 19.7. The van der Waals surface area contributed by atoms with E-state index >= 15 is 0 Å². The van der Waals surface area contributed by atoms with Crippen molar-refractivity contribution >= 4 is 25.5 Å². The summed E-state index contributed by atoms with van der Waals surface area (Å²) in [5, 5.41) is 20.7. The minimum absolute atomic E-state index is 0.00735. The number of quaternary nitrogens is 1. The predicted octanol–water partition coefficient (Wildman–Crippen LogP) is 9.94. The molecule has 0 aromatic carbocycles. The molecule has 0 heterocycles. The second-order valence-corrected chi connectivity index (χ2v) is 18.3. The van der Waals surface area contributed by atoms with Gasteiger partial charge in [0, 0.05) is 31.1 Å². The number of nitrogens with zero attached hydrogens (tertiary/aromatic N) is 1. The van der Waals surface area contributed by atoms with E-state index in [4.69, 9.17) is 18.5 Å². The molecule has 0 aliphatic heterocycles. The molecule has 0 spiro atoms. The van der Waals surface area contributed by atoms with Gasteiger partial charge in [-0.05, 0) is 70.6 Å². The molecule has 1 rings (SSSR count). The SMILES string of the molecule is CC/C=C\C/C=C\C/C=C\C/C=C\C/C=C\C/C=C\CCC(=O)O[C@H](COC(=O)CCC/C=C\C[C@H]1C(=O)C[C@@H](O)[C@@H]1/C=C/[C@@H](O)CCCCC)COP(=O)(O)OCC[N+](C)(C)C. The van der Waals surface area contributed by atoms with Crippen molar-refractivity contribution in [2.75, 3.05) is 47.5 Å². The van der Waals surface area contributed by atoms with Crippen molar-refractivity contribution < 1.29 is 57.1 Å². The number of ketones is 1. The molecule has 6 atom stereocenters. The lowest BCUT2D eigenvalue weighted by Gasteiger charge is -2.24. The maximum Gasteiger partial charge on any atom is 0.472 e. The molecule has 1 saturated carbocycles. The van der Waals surface area contributed by atoms with Gasteiger partial charge in [-0.15, -0.1) is 0 Å². The Bertz CT molecular complexity index is 1550. The first-order chi connectivity index (χ1) is 30.2. The third-order valence-electron chi connectivity index (χ3n) is 9.98. The fourth-order valence-electron chi connectivity index (χ4n) is 6.31. The van der Waals surface area contributed by atoms with E-state index in [0.29, 0.717) is 43.1 Å². The molecule has 1 aliphatic rings. The summed E-state index contributed by atoms with van der Waals surface area (Å²) in [6.07, 6.45) is 41.3. The van der Waals surface area contributed by atoms with Crippen LogP contribution in [0.25, 0.3) is 0 Å². The van der Waals surface area contributed by atoms with Crippen LogP contribution in [0.1, 0.15) is 123 Å². The highest BCUT2D eigenvalue weighted by atomic mass is 31.2. The summed E-state index contributed by atoms with van der Waals surface area (Å²) in [4.78, 5) is 48.1. The summed E-state index contributed by atoms with van der Waals surface area (Å²) in [5.41, 5.74) is 0. The monoisotopic (exact) mass is 903 g/mol. The first-order valence-corrected chi connectivity index (χ1v) is 24.6. The summed E-state index contributed by atoms with van der Waals surface area (Å²) < 4.78 is 34.1. The van der Waals surface area contributed by atoms with Gasteiger partial charge in [0.25, 0.3) is 0 Å². The molecule has 13 heteroatoms. The van der Waals surface area contributed by atoms with Crippen LogP contribution in [0.2, 0.25) is 0 Å². The first-order valence-electron chi connectivity index (χ1n) is 23.1. The van der Waals surface area contributed by atoms with Crippen LogP contribution in [0.5, 0.6) is 0 Å². The number of carbonyl (C=O) groups excluding carboxylic acids is 3. The number of likely N-dealkylation sites (N-methyl/N-ethyl adjacent to an activating group) is 1. The average molecular weight is 903 g/mol. The first kappa shape index (κ1) is 57.5. The van der Waals surface area contributed by atoms with Crippen LogP contribution >= 0.6 is 7.82 Å². The smallest absolute Gasteiger partial charge is 0.462 e. The van der Waals surface area contributed by atoms with Crippen LogP contribution < -0.4 is 0 Å². The number of ether oxygens (including phenoxy) is 2. The molecule has 12 nitrogen and oxygen atoms in total. The zero-order chi connectivity index (χ0) is 46.6. The summed E-state index contributed by atoms with van der Waals surface area (Å²) in [7, 11) is 1.27. The molecule has 63 heavy (non-hydrogen) atoms. The summed E-state index contributed by atoms with van der Waals surface area (Å²) in [6.45, 7) is 3.78. The molecule has 0 radical (unpaired) electrons. The van der Waals surface area contributed by atoms with Gasteiger partial charge in [0.2, 0.25) is 0 Å². The van der Waals surface area contributed by atoms with Crippen LogP contribution in [-0.2, 0) is 37.5 Å². The number of Topliss-reactive ketones (excluding diaryl/α,β-unsaturated/α-hetero) is 1. The van der Waals surface area contributed by atoms with Gasteiger partial charge in [-0.1, -0.05) is 130 Å². The van der Waals surface area contributed by atoms with Gasteiger partial charge in [-0.25, -0.2) is 4.57 Å². The summed E-state index contributed by atoms with van der Waals surface area (Å²) in [5.74, 6) is -1.84. The fraction of sp³-hybridized carbons (Fsp3) is 0.620. The van der Waals surface area contributed by atoms with Gasteiger partial charge in [-0.2, -0.15) is 0 Å². The number of hydrogen-bond acceptors (Lipinski definition) is 10. The number of phosphoric ester groups is 1. The van der Waals surface area contributed by atoms with Gasteiger partial charge in [0.15, 0.2) is 6.10 Å². The lowest BCUT2D eigenvalue weighted by Crippen LogP contribution is -2.37. The molecule has 1 fully saturated rings. The summed E-state index contributed by atoms with van der Waals surface area (Å²) in [6, 6.07) is 0. The standard InChI is InChI=1S/C50H80NO11P/c1-6-8-10-11-12-13-14-15-16-17-18-19-20-21-22-23-24-25-31-35-50(56)62-44(42-61-63(57,58)60-39-38-51(3,4)5)41-59-49(55)34-30-27-26-29-33-45-46(48(54)40-47(45)53)37-36-43(52)32-28-9-7-2/h8,10,12-13,15-16,18-19,21-22,24-26,29,36-37,43-46,48,52,54H,6-7,9,11,14,17,20,23,27-28,30-35,38-42H2,1-5H3/p+1/b10-8-,13-12-,16-15-,19-18-,22-21-,25-24-,29-26-,37-36+/t43-,44+,45+,46+,48+/m0/s1. The predicted molar refractivity (Wildman–Crippen MR) is 252 cm³/mol. The van der Waals surface area contributed by atoms with E-state index in [2.05, 4.69) is 74.6 Å². The Balaban J connectivity index is 2.55. The van der Waals surface area contributed by atoms with E-state index in [-0.39, 0.29) is 50.1 Å². The van der Waals surface area contributed by atoms with Crippen LogP contribution in [-0.4, -0.2) is 103 Å². The average Bonchev–Trinajstić information content (AvgIpc) is 3.50. The van der Waals surface area contributed by atoms with Crippen molar-refractivity contribution in [3.63, 3.8) is 0 Å². The highest BCUT2D eigenvalue weighted by molar-refractivity contribution is 7.47. The topological polar surface area (TPSA) is 166 Å². The molecule has 0 aromatic rings. The van der Waals surface area contributed by atoms with Gasteiger partial charge in [0.1, 0.15) is 25.5 Å². The highest BCUT2D eigenvalue weighted by Gasteiger charge is 2.39. The van der Waals surface area contributed by atoms with Crippen LogP contribution in [0.3, 0.4) is 0 Å².